The van der Waals surface area contributed by atoms with E-state index in [-0.39, 0.29) is 5.92 Å². The zero-order valence-electron chi connectivity index (χ0n) is 10.2. The van der Waals surface area contributed by atoms with Crippen LogP contribution < -0.4 is 0 Å². The Morgan fingerprint density at radius 2 is 1.78 bits per heavy atom. The smallest absolute Gasteiger partial charge is 0.392 e. The van der Waals surface area contributed by atoms with Gasteiger partial charge in [-0.25, -0.2) is 0 Å². The molecule has 2 rings (SSSR count). The summed E-state index contributed by atoms with van der Waals surface area (Å²) in [7, 11) is 0. The van der Waals surface area contributed by atoms with Crippen molar-refractivity contribution in [1.29, 1.82) is 0 Å². The minimum atomic E-state index is -4.29. The molecule has 0 radical (unpaired) electrons. The molecule has 0 aliphatic heterocycles. The van der Waals surface area contributed by atoms with E-state index in [1.165, 1.54) is 12.1 Å². The molecule has 1 fully saturated rings. The Morgan fingerprint density at radius 1 is 1.22 bits per heavy atom. The van der Waals surface area contributed by atoms with Crippen molar-refractivity contribution in [3.05, 3.63) is 35.4 Å². The van der Waals surface area contributed by atoms with Gasteiger partial charge in [0.05, 0.1) is 11.7 Å². The molecular formula is C14H17F3O. The van der Waals surface area contributed by atoms with E-state index in [4.69, 9.17) is 0 Å². The molecule has 18 heavy (non-hydrogen) atoms. The molecule has 1 aliphatic carbocycles. The van der Waals surface area contributed by atoms with Gasteiger partial charge in [-0.3, -0.25) is 0 Å². The topological polar surface area (TPSA) is 20.2 Å². The van der Waals surface area contributed by atoms with Crippen LogP contribution in [0.15, 0.2) is 24.3 Å². The second-order valence-electron chi connectivity index (χ2n) is 5.16. The van der Waals surface area contributed by atoms with E-state index in [0.717, 1.165) is 30.5 Å². The molecular weight excluding hydrogens is 241 g/mol. The summed E-state index contributed by atoms with van der Waals surface area (Å²) in [5, 5.41) is 9.99. The summed E-state index contributed by atoms with van der Waals surface area (Å²) in [5.74, 6) is 0.821. The molecule has 1 nitrogen and oxygen atoms in total. The first kappa shape index (κ1) is 13.4. The number of benzene rings is 1. The van der Waals surface area contributed by atoms with Crippen LogP contribution in [0.3, 0.4) is 0 Å². The molecule has 2 atom stereocenters. The van der Waals surface area contributed by atoms with Crippen molar-refractivity contribution in [1.82, 2.24) is 0 Å². The molecule has 0 heterocycles. The Kier molecular flexibility index (Phi) is 3.66. The van der Waals surface area contributed by atoms with Gasteiger partial charge in [0.1, 0.15) is 0 Å². The molecule has 0 saturated heterocycles. The van der Waals surface area contributed by atoms with E-state index < -0.39 is 17.8 Å². The lowest BCUT2D eigenvalue weighted by atomic mass is 9.93. The molecule has 4 heteroatoms. The van der Waals surface area contributed by atoms with Gasteiger partial charge in [0.15, 0.2) is 0 Å². The van der Waals surface area contributed by atoms with E-state index in [1.807, 2.05) is 6.92 Å². The first-order chi connectivity index (χ1) is 8.38. The van der Waals surface area contributed by atoms with Crippen molar-refractivity contribution in [2.24, 2.45) is 11.8 Å². The molecule has 1 aromatic carbocycles. The SMILES string of the molecule is CC(C(O)Cc1ccc(C(F)(F)F)cc1)C1CC1. The number of halogens is 3. The van der Waals surface area contributed by atoms with Crippen LogP contribution in [0.25, 0.3) is 0 Å². The predicted molar refractivity (Wildman–Crippen MR) is 63.0 cm³/mol. The van der Waals surface area contributed by atoms with Crippen molar-refractivity contribution < 1.29 is 18.3 Å². The average Bonchev–Trinajstić information content (AvgIpc) is 3.11. The highest BCUT2D eigenvalue weighted by Gasteiger charge is 2.33. The minimum Gasteiger partial charge on any atom is -0.392 e. The monoisotopic (exact) mass is 258 g/mol. The number of hydrogen-bond donors (Lipinski definition) is 1. The maximum atomic E-state index is 12.4. The minimum absolute atomic E-state index is 0.229. The zero-order valence-corrected chi connectivity index (χ0v) is 10.2. The normalized spacial score (nSPS) is 19.6. The Balaban J connectivity index is 1.97. The molecule has 0 spiro atoms. The van der Waals surface area contributed by atoms with E-state index in [0.29, 0.717) is 12.3 Å². The fraction of sp³-hybridized carbons (Fsp3) is 0.571. The third-order valence-electron chi connectivity index (χ3n) is 3.70. The molecule has 0 bridgehead atoms. The van der Waals surface area contributed by atoms with E-state index in [1.54, 1.807) is 0 Å². The highest BCUT2D eigenvalue weighted by molar-refractivity contribution is 5.25. The third kappa shape index (κ3) is 3.25. The number of rotatable bonds is 4. The predicted octanol–water partition coefficient (Wildman–Crippen LogP) is 3.65. The van der Waals surface area contributed by atoms with Gasteiger partial charge >= 0.3 is 6.18 Å². The van der Waals surface area contributed by atoms with E-state index in [2.05, 4.69) is 0 Å². The molecule has 0 aromatic heterocycles. The highest BCUT2D eigenvalue weighted by atomic mass is 19.4. The summed E-state index contributed by atoms with van der Waals surface area (Å²) in [6.07, 6.45) is -2.01. The van der Waals surface area contributed by atoms with Gasteiger partial charge in [0.25, 0.3) is 0 Å². The molecule has 1 N–H and O–H groups in total. The Labute approximate surface area is 105 Å². The fourth-order valence-electron chi connectivity index (χ4n) is 2.19. The van der Waals surface area contributed by atoms with Gasteiger partial charge < -0.3 is 5.11 Å². The van der Waals surface area contributed by atoms with Crippen molar-refractivity contribution in [3.8, 4) is 0 Å². The lowest BCUT2D eigenvalue weighted by Gasteiger charge is -2.18. The van der Waals surface area contributed by atoms with Crippen molar-refractivity contribution in [2.45, 2.75) is 38.5 Å². The van der Waals surface area contributed by atoms with Crippen molar-refractivity contribution in [2.75, 3.05) is 0 Å². The van der Waals surface area contributed by atoms with Crippen LogP contribution in [-0.4, -0.2) is 11.2 Å². The van der Waals surface area contributed by atoms with Crippen molar-refractivity contribution in [3.63, 3.8) is 0 Å². The summed E-state index contributed by atoms with van der Waals surface area (Å²) in [4.78, 5) is 0. The number of hydrogen-bond acceptors (Lipinski definition) is 1. The van der Waals surface area contributed by atoms with Gasteiger partial charge in [-0.1, -0.05) is 19.1 Å². The molecule has 2 unspecified atom stereocenters. The zero-order chi connectivity index (χ0) is 13.3. The average molecular weight is 258 g/mol. The quantitative estimate of drug-likeness (QED) is 0.874. The first-order valence-electron chi connectivity index (χ1n) is 6.22. The lowest BCUT2D eigenvalue weighted by molar-refractivity contribution is -0.137. The van der Waals surface area contributed by atoms with Crippen LogP contribution in [0.1, 0.15) is 30.9 Å². The molecule has 1 saturated carbocycles. The summed E-state index contributed by atoms with van der Waals surface area (Å²) in [6, 6.07) is 5.05. The van der Waals surface area contributed by atoms with Crippen LogP contribution in [0.2, 0.25) is 0 Å². The second-order valence-corrected chi connectivity index (χ2v) is 5.16. The number of alkyl halides is 3. The maximum absolute atomic E-state index is 12.4. The number of aliphatic hydroxyl groups excluding tert-OH is 1. The van der Waals surface area contributed by atoms with Gasteiger partial charge in [-0.15, -0.1) is 0 Å². The summed E-state index contributed by atoms with van der Waals surface area (Å²) < 4.78 is 37.1. The van der Waals surface area contributed by atoms with Gasteiger partial charge in [-0.05, 0) is 48.8 Å². The first-order valence-corrected chi connectivity index (χ1v) is 6.22. The van der Waals surface area contributed by atoms with Gasteiger partial charge in [0.2, 0.25) is 0 Å². The third-order valence-corrected chi connectivity index (χ3v) is 3.70. The van der Waals surface area contributed by atoms with Crippen LogP contribution in [0, 0.1) is 11.8 Å². The van der Waals surface area contributed by atoms with Gasteiger partial charge in [-0.2, -0.15) is 13.2 Å². The highest BCUT2D eigenvalue weighted by Crippen LogP contribution is 2.38. The van der Waals surface area contributed by atoms with Crippen LogP contribution >= 0.6 is 0 Å². The molecule has 0 amide bonds. The maximum Gasteiger partial charge on any atom is 0.416 e. The lowest BCUT2D eigenvalue weighted by Crippen LogP contribution is -2.22. The summed E-state index contributed by atoms with van der Waals surface area (Å²) >= 11 is 0. The van der Waals surface area contributed by atoms with Gasteiger partial charge in [0, 0.05) is 0 Å². The Morgan fingerprint density at radius 3 is 2.22 bits per heavy atom. The van der Waals surface area contributed by atoms with E-state index in [9.17, 15) is 18.3 Å². The Hall–Kier alpha value is -1.03. The van der Waals surface area contributed by atoms with Crippen LogP contribution in [0.5, 0.6) is 0 Å². The summed E-state index contributed by atoms with van der Waals surface area (Å²) in [6.45, 7) is 2.01. The standard InChI is InChI=1S/C14H17F3O/c1-9(11-4-5-11)13(18)8-10-2-6-12(7-3-10)14(15,16)17/h2-3,6-7,9,11,13,18H,4-5,8H2,1H3. The van der Waals surface area contributed by atoms with Crippen LogP contribution in [-0.2, 0) is 12.6 Å². The van der Waals surface area contributed by atoms with E-state index >= 15 is 0 Å². The molecule has 100 valence electrons. The second kappa shape index (κ2) is 4.92. The Bertz CT molecular complexity index is 392. The van der Waals surface area contributed by atoms with Crippen LogP contribution in [0.4, 0.5) is 13.2 Å². The summed E-state index contributed by atoms with van der Waals surface area (Å²) in [5.41, 5.74) is 0.110. The molecule has 1 aromatic rings. The largest absolute Gasteiger partial charge is 0.416 e. The van der Waals surface area contributed by atoms with Crippen molar-refractivity contribution >= 4 is 0 Å². The fourth-order valence-corrected chi connectivity index (χ4v) is 2.19. The number of aliphatic hydroxyl groups is 1. The molecule has 1 aliphatic rings.